The summed E-state index contributed by atoms with van der Waals surface area (Å²) in [4.78, 5) is 0. The van der Waals surface area contributed by atoms with Crippen LogP contribution >= 0.6 is 0 Å². The number of allylic oxidation sites excluding steroid dienone is 1. The molecule has 3 heteroatoms. The lowest BCUT2D eigenvalue weighted by molar-refractivity contribution is 0.387. The molecule has 3 nitrogen and oxygen atoms in total. The van der Waals surface area contributed by atoms with Gasteiger partial charge in [-0.15, -0.1) is 5.10 Å². The van der Waals surface area contributed by atoms with Crippen LogP contribution in [0.25, 0.3) is 12.2 Å². The monoisotopic (exact) mass is 206 g/mol. The zero-order valence-corrected chi connectivity index (χ0v) is 9.82. The Balaban J connectivity index is 0.000000921. The van der Waals surface area contributed by atoms with E-state index in [0.717, 1.165) is 10.4 Å². The maximum absolute atomic E-state index is 5.07. The van der Waals surface area contributed by atoms with E-state index < -0.39 is 0 Å². The summed E-state index contributed by atoms with van der Waals surface area (Å²) in [7, 11) is 1.57. The van der Waals surface area contributed by atoms with Gasteiger partial charge in [0.1, 0.15) is 0 Å². The topological polar surface area (TPSA) is 35.0 Å². The number of hydrogen-bond donors (Lipinski definition) is 0. The Morgan fingerprint density at radius 3 is 2.53 bits per heavy atom. The van der Waals surface area contributed by atoms with Gasteiger partial charge in [-0.05, 0) is 13.0 Å². The van der Waals surface area contributed by atoms with Crippen LogP contribution in [0.3, 0.4) is 0 Å². The van der Waals surface area contributed by atoms with Crippen molar-refractivity contribution >= 4 is 12.2 Å². The quantitative estimate of drug-likeness (QED) is 0.731. The molecule has 0 N–H and O–H groups in total. The minimum absolute atomic E-state index is 0.524. The van der Waals surface area contributed by atoms with Crippen molar-refractivity contribution in [2.24, 2.45) is 0 Å². The fraction of sp³-hybridized carbons (Fsp3) is 0.333. The van der Waals surface area contributed by atoms with Gasteiger partial charge in [-0.2, -0.15) is 5.10 Å². The third kappa shape index (κ3) is 3.54. The molecule has 1 rings (SSSR count). The average Bonchev–Trinajstić information content (AvgIpc) is 2.32. The van der Waals surface area contributed by atoms with Crippen LogP contribution in [-0.4, -0.2) is 17.3 Å². The number of rotatable bonds is 2. The molecule has 0 radical (unpaired) electrons. The second kappa shape index (κ2) is 7.74. The van der Waals surface area contributed by atoms with E-state index in [1.54, 1.807) is 19.4 Å². The van der Waals surface area contributed by atoms with Gasteiger partial charge in [0.2, 0.25) is 5.88 Å². The number of nitrogens with zero attached hydrogens (tertiary/aromatic N) is 2. The Kier molecular flexibility index (Phi) is 6.89. The molecule has 0 aliphatic carbocycles. The zero-order valence-electron chi connectivity index (χ0n) is 9.82. The van der Waals surface area contributed by atoms with Crippen LogP contribution in [-0.2, 0) is 0 Å². The van der Waals surface area contributed by atoms with Crippen LogP contribution in [0.4, 0.5) is 0 Å². The van der Waals surface area contributed by atoms with Crippen molar-refractivity contribution in [3.05, 3.63) is 29.3 Å². The Hall–Kier alpha value is -1.64. The molecule has 0 saturated carbocycles. The van der Waals surface area contributed by atoms with Crippen LogP contribution in [0.5, 0.6) is 5.88 Å². The molecular formula is C12H18N2O. The fourth-order valence-corrected chi connectivity index (χ4v) is 1.06. The highest BCUT2D eigenvalue weighted by Gasteiger charge is 1.95. The fourth-order valence-electron chi connectivity index (χ4n) is 1.06. The van der Waals surface area contributed by atoms with Crippen molar-refractivity contribution < 1.29 is 4.74 Å². The standard InChI is InChI=1S/C10H12N2O.C2H6/c1-4-6-9-8(5-2)7-11-12-10(9)13-3;1-2/h4-7H,1H2,2-3H3;1-2H3/b8-5-,9-6+;. The van der Waals surface area contributed by atoms with Gasteiger partial charge in [0.25, 0.3) is 0 Å². The second-order valence-electron chi connectivity index (χ2n) is 2.41. The van der Waals surface area contributed by atoms with Gasteiger partial charge >= 0.3 is 0 Å². The molecule has 1 heterocycles. The first-order valence-electron chi connectivity index (χ1n) is 4.98. The lowest BCUT2D eigenvalue weighted by Crippen LogP contribution is -2.27. The highest BCUT2D eigenvalue weighted by molar-refractivity contribution is 5.40. The summed E-state index contributed by atoms with van der Waals surface area (Å²) in [5, 5.41) is 9.57. The molecule has 1 aromatic heterocycles. The molecule has 0 atom stereocenters. The maximum Gasteiger partial charge on any atom is 0.241 e. The van der Waals surface area contributed by atoms with Gasteiger partial charge in [0, 0.05) is 10.4 Å². The van der Waals surface area contributed by atoms with Crippen molar-refractivity contribution in [3.8, 4) is 5.88 Å². The molecule has 0 aliphatic rings. The summed E-state index contributed by atoms with van der Waals surface area (Å²) in [6.45, 7) is 9.57. The molecular weight excluding hydrogens is 188 g/mol. The molecule has 0 amide bonds. The predicted octanol–water partition coefficient (Wildman–Crippen LogP) is 1.28. The molecule has 1 aromatic rings. The zero-order chi connectivity index (χ0) is 11.7. The molecule has 0 saturated heterocycles. The molecule has 0 fully saturated rings. The normalized spacial score (nSPS) is 11.7. The lowest BCUT2D eigenvalue weighted by Gasteiger charge is -1.97. The minimum atomic E-state index is 0.524. The van der Waals surface area contributed by atoms with Crippen molar-refractivity contribution in [1.82, 2.24) is 10.2 Å². The van der Waals surface area contributed by atoms with Crippen LogP contribution < -0.4 is 15.2 Å². The third-order valence-corrected chi connectivity index (χ3v) is 1.68. The maximum atomic E-state index is 5.07. The van der Waals surface area contributed by atoms with Crippen molar-refractivity contribution in [2.45, 2.75) is 20.8 Å². The minimum Gasteiger partial charge on any atom is -0.479 e. The first-order chi connectivity index (χ1) is 7.33. The van der Waals surface area contributed by atoms with E-state index in [0.29, 0.717) is 5.88 Å². The van der Waals surface area contributed by atoms with Gasteiger partial charge in [-0.25, -0.2) is 0 Å². The van der Waals surface area contributed by atoms with E-state index in [1.165, 1.54) is 0 Å². The average molecular weight is 206 g/mol. The van der Waals surface area contributed by atoms with Gasteiger partial charge < -0.3 is 4.74 Å². The summed E-state index contributed by atoms with van der Waals surface area (Å²) in [5.74, 6) is 0.524. The lowest BCUT2D eigenvalue weighted by atomic mass is 10.3. The van der Waals surface area contributed by atoms with Gasteiger partial charge in [-0.3, -0.25) is 0 Å². The predicted molar refractivity (Wildman–Crippen MR) is 64.0 cm³/mol. The summed E-state index contributed by atoms with van der Waals surface area (Å²) in [6, 6.07) is 0. The molecule has 0 aromatic carbocycles. The van der Waals surface area contributed by atoms with E-state index >= 15 is 0 Å². The summed E-state index contributed by atoms with van der Waals surface area (Å²) in [5.41, 5.74) is 0. The molecule has 0 bridgehead atoms. The van der Waals surface area contributed by atoms with Gasteiger partial charge in [0.15, 0.2) is 0 Å². The first kappa shape index (κ1) is 13.4. The molecule has 15 heavy (non-hydrogen) atoms. The Labute approximate surface area is 90.8 Å². The SMILES string of the molecule is C=C/C=c1/c(OC)nnc/c1=C/C.CC. The summed E-state index contributed by atoms with van der Waals surface area (Å²) >= 11 is 0. The Morgan fingerprint density at radius 2 is 2.07 bits per heavy atom. The Bertz CT molecular complexity index is 410. The van der Waals surface area contributed by atoms with E-state index in [2.05, 4.69) is 16.8 Å². The van der Waals surface area contributed by atoms with Crippen molar-refractivity contribution in [1.29, 1.82) is 0 Å². The molecule has 0 unspecified atom stereocenters. The number of ether oxygens (including phenoxy) is 1. The van der Waals surface area contributed by atoms with E-state index in [1.807, 2.05) is 32.9 Å². The van der Waals surface area contributed by atoms with Crippen LogP contribution in [0.15, 0.2) is 18.9 Å². The third-order valence-electron chi connectivity index (χ3n) is 1.68. The number of aromatic nitrogens is 2. The van der Waals surface area contributed by atoms with Crippen LogP contribution in [0.1, 0.15) is 20.8 Å². The largest absolute Gasteiger partial charge is 0.479 e. The van der Waals surface area contributed by atoms with Gasteiger partial charge in [-0.1, -0.05) is 32.6 Å². The molecule has 0 aliphatic heterocycles. The van der Waals surface area contributed by atoms with Gasteiger partial charge in [0.05, 0.1) is 13.3 Å². The smallest absolute Gasteiger partial charge is 0.241 e. The van der Waals surface area contributed by atoms with Crippen LogP contribution in [0, 0.1) is 0 Å². The van der Waals surface area contributed by atoms with E-state index in [-0.39, 0.29) is 0 Å². The number of methoxy groups -OCH3 is 1. The molecule has 0 spiro atoms. The summed E-state index contributed by atoms with van der Waals surface area (Å²) in [6.07, 6.45) is 7.19. The van der Waals surface area contributed by atoms with E-state index in [4.69, 9.17) is 4.74 Å². The van der Waals surface area contributed by atoms with Crippen molar-refractivity contribution in [2.75, 3.05) is 7.11 Å². The van der Waals surface area contributed by atoms with Crippen molar-refractivity contribution in [3.63, 3.8) is 0 Å². The van der Waals surface area contributed by atoms with Crippen LogP contribution in [0.2, 0.25) is 0 Å². The Morgan fingerprint density at radius 1 is 1.40 bits per heavy atom. The van der Waals surface area contributed by atoms with E-state index in [9.17, 15) is 0 Å². The first-order valence-corrected chi connectivity index (χ1v) is 4.98. The second-order valence-corrected chi connectivity index (χ2v) is 2.41. The molecule has 82 valence electrons. The highest BCUT2D eigenvalue weighted by atomic mass is 16.5. The summed E-state index contributed by atoms with van der Waals surface area (Å²) < 4.78 is 5.07. The highest BCUT2D eigenvalue weighted by Crippen LogP contribution is 1.88. The number of hydrogen-bond acceptors (Lipinski definition) is 3.